The zero-order chi connectivity index (χ0) is 13.3. The van der Waals surface area contributed by atoms with Crippen LogP contribution < -0.4 is 0 Å². The molecular formula is C15H15NO3. The highest BCUT2D eigenvalue weighted by Crippen LogP contribution is 2.51. The number of rotatable bonds is 0. The lowest BCUT2D eigenvalue weighted by molar-refractivity contribution is -0.328. The molecule has 3 heterocycles. The van der Waals surface area contributed by atoms with Crippen LogP contribution in [0, 0.1) is 5.41 Å². The lowest BCUT2D eigenvalue weighted by atomic mass is 9.84. The van der Waals surface area contributed by atoms with Crippen molar-refractivity contribution in [3.05, 3.63) is 47.5 Å². The second-order valence-corrected chi connectivity index (χ2v) is 5.85. The Morgan fingerprint density at radius 3 is 2.95 bits per heavy atom. The maximum Gasteiger partial charge on any atom is 0.258 e. The number of carbonyl (C=O) groups excluding carboxylic acids is 1. The number of hydroxylamine groups is 2. The summed E-state index contributed by atoms with van der Waals surface area (Å²) in [5.41, 5.74) is 0.606. The van der Waals surface area contributed by atoms with Crippen LogP contribution in [0.5, 0.6) is 0 Å². The first kappa shape index (κ1) is 11.2. The molecule has 1 aromatic carbocycles. The second kappa shape index (κ2) is 3.26. The van der Waals surface area contributed by atoms with Crippen LogP contribution in [-0.4, -0.2) is 17.1 Å². The van der Waals surface area contributed by atoms with Crippen molar-refractivity contribution < 1.29 is 14.4 Å². The van der Waals surface area contributed by atoms with Crippen molar-refractivity contribution in [2.45, 2.75) is 32.3 Å². The maximum absolute atomic E-state index is 12.6. The number of hydrogen-bond donors (Lipinski definition) is 0. The van der Waals surface area contributed by atoms with Crippen molar-refractivity contribution in [1.29, 1.82) is 0 Å². The standard InChI is InChI=1S/C15H15NO3/c1-14(2)12-7-8-15(19-12)11-6-4-3-5-10(11)9-18-16(15)13(14)17/h3-8,12H,9H2,1-2H3/t12-,15-/m0/s1. The molecule has 0 aliphatic carbocycles. The topological polar surface area (TPSA) is 38.8 Å². The molecule has 2 atom stereocenters. The molecule has 3 aliphatic rings. The first-order valence-corrected chi connectivity index (χ1v) is 6.49. The van der Waals surface area contributed by atoms with Gasteiger partial charge in [0.25, 0.3) is 5.91 Å². The minimum atomic E-state index is -0.869. The summed E-state index contributed by atoms with van der Waals surface area (Å²) in [4.78, 5) is 18.3. The summed E-state index contributed by atoms with van der Waals surface area (Å²) < 4.78 is 6.17. The Labute approximate surface area is 111 Å². The van der Waals surface area contributed by atoms with Gasteiger partial charge in [-0.2, -0.15) is 5.06 Å². The molecule has 2 bridgehead atoms. The lowest BCUT2D eigenvalue weighted by Crippen LogP contribution is -2.62. The van der Waals surface area contributed by atoms with E-state index in [4.69, 9.17) is 9.57 Å². The molecule has 1 amide bonds. The fourth-order valence-electron chi connectivity index (χ4n) is 3.07. The van der Waals surface area contributed by atoms with Crippen LogP contribution in [-0.2, 0) is 26.7 Å². The van der Waals surface area contributed by atoms with E-state index in [9.17, 15) is 4.79 Å². The molecule has 1 spiro atoms. The molecule has 4 heteroatoms. The number of fused-ring (bicyclic) bond motifs is 2. The number of amides is 1. The Balaban J connectivity index is 1.93. The molecule has 1 saturated heterocycles. The predicted molar refractivity (Wildman–Crippen MR) is 67.5 cm³/mol. The largest absolute Gasteiger partial charge is 0.337 e. The van der Waals surface area contributed by atoms with Crippen molar-refractivity contribution >= 4 is 5.91 Å². The summed E-state index contributed by atoms with van der Waals surface area (Å²) in [5, 5.41) is 1.41. The smallest absolute Gasteiger partial charge is 0.258 e. The minimum absolute atomic E-state index is 0.0248. The molecule has 1 aromatic rings. The molecule has 0 aromatic heterocycles. The highest BCUT2D eigenvalue weighted by atomic mass is 16.7. The second-order valence-electron chi connectivity index (χ2n) is 5.85. The summed E-state index contributed by atoms with van der Waals surface area (Å²) in [6.07, 6.45) is 3.72. The van der Waals surface area contributed by atoms with Crippen molar-refractivity contribution in [3.63, 3.8) is 0 Å². The Hall–Kier alpha value is -1.65. The number of ether oxygens (including phenoxy) is 1. The highest BCUT2D eigenvalue weighted by molar-refractivity contribution is 5.85. The quantitative estimate of drug-likeness (QED) is 0.668. The molecule has 0 N–H and O–H groups in total. The number of benzene rings is 1. The van der Waals surface area contributed by atoms with Gasteiger partial charge in [-0.05, 0) is 25.5 Å². The third-order valence-electron chi connectivity index (χ3n) is 4.30. The van der Waals surface area contributed by atoms with Gasteiger partial charge in [0.05, 0.1) is 11.5 Å². The van der Waals surface area contributed by atoms with Gasteiger partial charge < -0.3 is 4.74 Å². The first-order valence-electron chi connectivity index (χ1n) is 6.49. The third kappa shape index (κ3) is 1.18. The molecule has 4 rings (SSSR count). The van der Waals surface area contributed by atoms with Crippen molar-refractivity contribution in [1.82, 2.24) is 5.06 Å². The van der Waals surface area contributed by atoms with E-state index in [-0.39, 0.29) is 12.0 Å². The van der Waals surface area contributed by atoms with Gasteiger partial charge in [-0.15, -0.1) is 0 Å². The zero-order valence-electron chi connectivity index (χ0n) is 10.9. The van der Waals surface area contributed by atoms with Gasteiger partial charge in [0.15, 0.2) is 0 Å². The minimum Gasteiger partial charge on any atom is -0.337 e. The van der Waals surface area contributed by atoms with Gasteiger partial charge in [0.2, 0.25) is 5.72 Å². The molecule has 3 aliphatic heterocycles. The average Bonchev–Trinajstić information content (AvgIpc) is 2.82. The highest BCUT2D eigenvalue weighted by Gasteiger charge is 2.61. The Bertz CT molecular complexity index is 607. The van der Waals surface area contributed by atoms with Crippen LogP contribution in [0.25, 0.3) is 0 Å². The van der Waals surface area contributed by atoms with Crippen molar-refractivity contribution in [2.24, 2.45) is 5.41 Å². The van der Waals surface area contributed by atoms with E-state index in [0.29, 0.717) is 6.61 Å². The van der Waals surface area contributed by atoms with E-state index >= 15 is 0 Å². The fraction of sp³-hybridized carbons (Fsp3) is 0.400. The molecule has 0 unspecified atom stereocenters. The molecule has 4 nitrogen and oxygen atoms in total. The van der Waals surface area contributed by atoms with Crippen LogP contribution in [0.4, 0.5) is 0 Å². The van der Waals surface area contributed by atoms with E-state index in [1.807, 2.05) is 50.3 Å². The van der Waals surface area contributed by atoms with E-state index in [1.165, 1.54) is 5.06 Å². The Morgan fingerprint density at radius 1 is 1.32 bits per heavy atom. The third-order valence-corrected chi connectivity index (χ3v) is 4.30. The summed E-state index contributed by atoms with van der Waals surface area (Å²) in [5.74, 6) is -0.0248. The van der Waals surface area contributed by atoms with Gasteiger partial charge >= 0.3 is 0 Å². The number of nitrogens with zero attached hydrogens (tertiary/aromatic N) is 1. The van der Waals surface area contributed by atoms with Crippen LogP contribution in [0.1, 0.15) is 25.0 Å². The Morgan fingerprint density at radius 2 is 2.11 bits per heavy atom. The van der Waals surface area contributed by atoms with Crippen LogP contribution >= 0.6 is 0 Å². The number of hydrogen-bond acceptors (Lipinski definition) is 3. The van der Waals surface area contributed by atoms with Gasteiger partial charge in [-0.1, -0.05) is 30.3 Å². The molecule has 19 heavy (non-hydrogen) atoms. The summed E-state index contributed by atoms with van der Waals surface area (Å²) >= 11 is 0. The Kier molecular flexibility index (Phi) is 1.92. The van der Waals surface area contributed by atoms with E-state index < -0.39 is 11.1 Å². The lowest BCUT2D eigenvalue weighted by Gasteiger charge is -2.50. The summed E-state index contributed by atoms with van der Waals surface area (Å²) in [6, 6.07) is 7.95. The predicted octanol–water partition coefficient (Wildman–Crippen LogP) is 2.11. The van der Waals surface area contributed by atoms with Gasteiger partial charge in [-0.3, -0.25) is 9.63 Å². The molecule has 0 radical (unpaired) electrons. The SMILES string of the molecule is CC1(C)C(=O)N2OCc3ccccc3[C@@]23C=C[C@@H]1O3. The normalized spacial score (nSPS) is 34.1. The van der Waals surface area contributed by atoms with E-state index in [1.54, 1.807) is 0 Å². The fourth-order valence-corrected chi connectivity index (χ4v) is 3.07. The average molecular weight is 257 g/mol. The van der Waals surface area contributed by atoms with E-state index in [2.05, 4.69) is 0 Å². The van der Waals surface area contributed by atoms with E-state index in [0.717, 1.165) is 11.1 Å². The molecular weight excluding hydrogens is 242 g/mol. The summed E-state index contributed by atoms with van der Waals surface area (Å²) in [6.45, 7) is 4.19. The van der Waals surface area contributed by atoms with Crippen molar-refractivity contribution in [2.75, 3.05) is 0 Å². The van der Waals surface area contributed by atoms with Crippen LogP contribution in [0.15, 0.2) is 36.4 Å². The monoisotopic (exact) mass is 257 g/mol. The maximum atomic E-state index is 12.6. The first-order chi connectivity index (χ1) is 9.06. The van der Waals surface area contributed by atoms with Crippen LogP contribution in [0.3, 0.4) is 0 Å². The summed E-state index contributed by atoms with van der Waals surface area (Å²) in [7, 11) is 0. The number of carbonyl (C=O) groups is 1. The van der Waals surface area contributed by atoms with Gasteiger partial charge in [-0.25, -0.2) is 0 Å². The molecule has 1 fully saturated rings. The zero-order valence-corrected chi connectivity index (χ0v) is 10.9. The van der Waals surface area contributed by atoms with Crippen molar-refractivity contribution in [3.8, 4) is 0 Å². The van der Waals surface area contributed by atoms with Gasteiger partial charge in [0.1, 0.15) is 6.61 Å². The van der Waals surface area contributed by atoms with Gasteiger partial charge in [0, 0.05) is 5.56 Å². The molecule has 0 saturated carbocycles. The molecule has 98 valence electrons. The van der Waals surface area contributed by atoms with Crippen LogP contribution in [0.2, 0.25) is 0 Å².